The first-order chi connectivity index (χ1) is 6.74. The van der Waals surface area contributed by atoms with E-state index < -0.39 is 0 Å². The Bertz CT molecular complexity index is 308. The van der Waals surface area contributed by atoms with Crippen molar-refractivity contribution in [3.05, 3.63) is 29.8 Å². The molecule has 0 bridgehead atoms. The maximum Gasteiger partial charge on any atom is 1.00 e. The minimum atomic E-state index is -0.335. The van der Waals surface area contributed by atoms with Crippen LogP contribution in [0.15, 0.2) is 24.3 Å². The van der Waals surface area contributed by atoms with E-state index in [0.29, 0.717) is 12.2 Å². The van der Waals surface area contributed by atoms with E-state index in [1.165, 1.54) is 12.1 Å². The van der Waals surface area contributed by atoms with Crippen LogP contribution in [0.2, 0.25) is 0 Å². The van der Waals surface area contributed by atoms with Crippen molar-refractivity contribution in [1.82, 2.24) is 0 Å². The van der Waals surface area contributed by atoms with Crippen LogP contribution in [0.4, 0.5) is 0 Å². The molecule has 0 fully saturated rings. The number of hydrogen-bond donors (Lipinski definition) is 1. The summed E-state index contributed by atoms with van der Waals surface area (Å²) >= 11 is 0. The quantitative estimate of drug-likeness (QED) is 0.340. The minimum Gasteiger partial charge on any atom is -1.00 e. The second-order valence-electron chi connectivity index (χ2n) is 3.04. The summed E-state index contributed by atoms with van der Waals surface area (Å²) < 4.78 is 4.99. The predicted molar refractivity (Wildman–Crippen MR) is 55.5 cm³/mol. The molecule has 1 aromatic rings. The average Bonchev–Trinajstić information content (AvgIpc) is 2.19. The smallest absolute Gasteiger partial charge is 1.00 e. The second-order valence-corrected chi connectivity index (χ2v) is 3.04. The molecule has 0 aliphatic carbocycles. The van der Waals surface area contributed by atoms with Gasteiger partial charge in [0.15, 0.2) is 0 Å². The fourth-order valence-corrected chi connectivity index (χ4v) is 0.990. The monoisotopic (exact) mass is 242 g/mol. The van der Waals surface area contributed by atoms with Gasteiger partial charge in [-0.3, -0.25) is 0 Å². The van der Waals surface area contributed by atoms with Gasteiger partial charge in [-0.25, -0.2) is 4.79 Å². The molecule has 0 aromatic heterocycles. The number of carbonyl (C=O) groups is 1. The Morgan fingerprint density at radius 1 is 1.31 bits per heavy atom. The van der Waals surface area contributed by atoms with E-state index >= 15 is 0 Å². The summed E-state index contributed by atoms with van der Waals surface area (Å²) in [6, 6.07) is 6.03. The maximum atomic E-state index is 11.3. The molecule has 80 valence electrons. The van der Waals surface area contributed by atoms with Gasteiger partial charge in [-0.15, -0.1) is 0 Å². The Hall–Kier alpha value is 0.490. The van der Waals surface area contributed by atoms with Gasteiger partial charge < -0.3 is 12.7 Å². The summed E-state index contributed by atoms with van der Waals surface area (Å²) in [6.07, 6.45) is 1.88. The van der Waals surface area contributed by atoms with Gasteiger partial charge in [0.05, 0.1) is 12.2 Å². The number of benzene rings is 1. The summed E-state index contributed by atoms with van der Waals surface area (Å²) in [7, 11) is 0. The molecular weight excluding hydrogens is 226 g/mol. The van der Waals surface area contributed by atoms with Crippen molar-refractivity contribution in [2.24, 2.45) is 0 Å². The first-order valence-electron chi connectivity index (χ1n) is 4.70. The van der Waals surface area contributed by atoms with E-state index in [-0.39, 0.29) is 73.7 Å². The van der Waals surface area contributed by atoms with E-state index in [9.17, 15) is 4.79 Å². The molecule has 0 saturated heterocycles. The zero-order valence-corrected chi connectivity index (χ0v) is 14.2. The van der Waals surface area contributed by atoms with Gasteiger partial charge in [-0.05, 0) is 30.7 Å². The fraction of sp³-hybridized carbons (Fsp3) is 0.364. The van der Waals surface area contributed by atoms with E-state index in [0.717, 1.165) is 12.8 Å². The molecule has 1 aromatic carbocycles. The van der Waals surface area contributed by atoms with Crippen molar-refractivity contribution in [2.45, 2.75) is 19.8 Å². The van der Waals surface area contributed by atoms with Crippen LogP contribution in [-0.2, 0) is 4.74 Å². The van der Waals surface area contributed by atoms with E-state index in [4.69, 9.17) is 9.84 Å². The molecule has 0 radical (unpaired) electrons. The number of unbranched alkanes of at least 4 members (excludes halogenated alkanes) is 1. The van der Waals surface area contributed by atoms with Crippen molar-refractivity contribution in [1.29, 1.82) is 0 Å². The Kier molecular flexibility index (Phi) is 12.5. The van der Waals surface area contributed by atoms with Crippen LogP contribution < -0.4 is 59.1 Å². The largest absolute Gasteiger partial charge is 1.00 e. The van der Waals surface area contributed by atoms with Crippen LogP contribution in [0.3, 0.4) is 0 Å². The molecule has 5 heteroatoms. The van der Waals surface area contributed by atoms with Crippen LogP contribution in [0, 0.1) is 0 Å². The summed E-state index contributed by atoms with van der Waals surface area (Å²) in [5, 5.41) is 9.00. The zero-order valence-electron chi connectivity index (χ0n) is 12.2. The van der Waals surface area contributed by atoms with Crippen LogP contribution in [-0.4, -0.2) is 17.7 Å². The topological polar surface area (TPSA) is 46.5 Å². The van der Waals surface area contributed by atoms with E-state index in [1.807, 2.05) is 6.92 Å². The first-order valence-corrected chi connectivity index (χ1v) is 4.70. The molecule has 0 spiro atoms. The van der Waals surface area contributed by atoms with Gasteiger partial charge in [-0.1, -0.05) is 13.3 Å². The molecule has 1 N–H and O–H groups in total. The number of rotatable bonds is 4. The van der Waals surface area contributed by atoms with Crippen LogP contribution in [0.25, 0.3) is 0 Å². The first kappa shape index (κ1) is 18.8. The third-order valence-corrected chi connectivity index (χ3v) is 1.83. The summed E-state index contributed by atoms with van der Waals surface area (Å²) in [6.45, 7) is 2.49. The minimum absolute atomic E-state index is 0. The third-order valence-electron chi connectivity index (χ3n) is 1.83. The number of phenolic OH excluding ortho intramolecular Hbond substituents is 1. The molecule has 0 amide bonds. The number of esters is 1. The van der Waals surface area contributed by atoms with E-state index in [1.54, 1.807) is 12.1 Å². The van der Waals surface area contributed by atoms with Gasteiger partial charge in [0.1, 0.15) is 5.75 Å². The van der Waals surface area contributed by atoms with Gasteiger partial charge >= 0.3 is 65.1 Å². The number of hydrogen-bond acceptors (Lipinski definition) is 3. The number of carbonyl (C=O) groups excluding carboxylic acids is 1. The Labute approximate surface area is 143 Å². The summed E-state index contributed by atoms with van der Waals surface area (Å²) in [4.78, 5) is 11.3. The summed E-state index contributed by atoms with van der Waals surface area (Å²) in [5.41, 5.74) is 0.471. The predicted octanol–water partition coefficient (Wildman–Crippen LogP) is -3.42. The third kappa shape index (κ3) is 6.94. The SMILES string of the molecule is CCCCOC(=O)c1ccc(O)cc1.[H-].[H-].[Na+].[Na+]. The maximum absolute atomic E-state index is 11.3. The van der Waals surface area contributed by atoms with Gasteiger partial charge in [-0.2, -0.15) is 0 Å². The molecule has 0 saturated carbocycles. The molecule has 0 atom stereocenters. The standard InChI is InChI=1S/C11H14O3.2Na.2H/c1-2-3-8-14-11(13)9-4-6-10(12)7-5-9;;;;/h4-7,12H,2-3,8H2,1H3;;;;/q;2*+1;2*-1. The van der Waals surface area contributed by atoms with Gasteiger partial charge in [0.2, 0.25) is 0 Å². The van der Waals surface area contributed by atoms with Crippen molar-refractivity contribution in [3.63, 3.8) is 0 Å². The molecule has 0 unspecified atom stereocenters. The van der Waals surface area contributed by atoms with Crippen molar-refractivity contribution in [2.75, 3.05) is 6.61 Å². The molecule has 16 heavy (non-hydrogen) atoms. The number of phenols is 1. The average molecular weight is 242 g/mol. The molecule has 3 nitrogen and oxygen atoms in total. The number of ether oxygens (including phenoxy) is 1. The second kappa shape index (κ2) is 10.6. The van der Waals surface area contributed by atoms with Crippen molar-refractivity contribution >= 4 is 5.97 Å². The Balaban J connectivity index is -0.000000245. The summed E-state index contributed by atoms with van der Waals surface area (Å²) in [5.74, 6) is -0.187. The van der Waals surface area contributed by atoms with Crippen LogP contribution >= 0.6 is 0 Å². The molecule has 1 rings (SSSR count). The number of aromatic hydroxyl groups is 1. The zero-order chi connectivity index (χ0) is 10.4. The Morgan fingerprint density at radius 2 is 1.88 bits per heavy atom. The molecule has 0 aliphatic heterocycles. The molecule has 0 aliphatic rings. The van der Waals surface area contributed by atoms with Crippen molar-refractivity contribution in [3.8, 4) is 5.75 Å². The van der Waals surface area contributed by atoms with Crippen LogP contribution in [0.1, 0.15) is 33.0 Å². The Morgan fingerprint density at radius 3 is 2.38 bits per heavy atom. The van der Waals surface area contributed by atoms with Gasteiger partial charge in [0.25, 0.3) is 0 Å². The fourth-order valence-electron chi connectivity index (χ4n) is 0.990. The molecule has 0 heterocycles. The van der Waals surface area contributed by atoms with Crippen molar-refractivity contribution < 1.29 is 76.6 Å². The molecular formula is C11H16Na2O3. The van der Waals surface area contributed by atoms with E-state index in [2.05, 4.69) is 0 Å². The normalized spacial score (nSPS) is 8.56. The van der Waals surface area contributed by atoms with Gasteiger partial charge in [0, 0.05) is 0 Å². The van der Waals surface area contributed by atoms with Crippen LogP contribution in [0.5, 0.6) is 5.75 Å².